The van der Waals surface area contributed by atoms with E-state index in [9.17, 15) is 18.0 Å². The third-order valence-electron chi connectivity index (χ3n) is 7.82. The maximum Gasteiger partial charge on any atom is 0.410 e. The second-order valence-electron chi connectivity index (χ2n) is 13.7. The van der Waals surface area contributed by atoms with Crippen molar-refractivity contribution in [1.29, 1.82) is 0 Å². The van der Waals surface area contributed by atoms with Crippen molar-refractivity contribution in [3.8, 4) is 5.75 Å². The molecule has 0 bridgehead atoms. The summed E-state index contributed by atoms with van der Waals surface area (Å²) in [7, 11) is -2.17. The Kier molecular flexibility index (Phi) is 9.79. The summed E-state index contributed by atoms with van der Waals surface area (Å²) in [4.78, 5) is 33.8. The van der Waals surface area contributed by atoms with Crippen LogP contribution in [-0.4, -0.2) is 80.3 Å². The number of methoxy groups -OCH3 is 1. The van der Waals surface area contributed by atoms with Crippen LogP contribution >= 0.6 is 0 Å². The second kappa shape index (κ2) is 12.9. The quantitative estimate of drug-likeness (QED) is 0.284. The summed E-state index contributed by atoms with van der Waals surface area (Å²) in [5.74, 6) is -0.170. The highest BCUT2D eigenvalue weighted by Crippen LogP contribution is 2.39. The van der Waals surface area contributed by atoms with Crippen molar-refractivity contribution in [2.24, 2.45) is 0 Å². The Bertz CT molecular complexity index is 1670. The highest BCUT2D eigenvalue weighted by molar-refractivity contribution is 7.92. The van der Waals surface area contributed by atoms with Crippen molar-refractivity contribution in [2.45, 2.75) is 71.9 Å². The molecule has 12 heteroatoms. The fourth-order valence-electron chi connectivity index (χ4n) is 5.52. The van der Waals surface area contributed by atoms with Gasteiger partial charge >= 0.3 is 6.09 Å². The second-order valence-corrected chi connectivity index (χ2v) is 15.5. The Morgan fingerprint density at radius 2 is 1.67 bits per heavy atom. The number of nitrogens with one attached hydrogen (secondary N) is 3. The molecule has 0 spiro atoms. The predicted molar refractivity (Wildman–Crippen MR) is 179 cm³/mol. The zero-order chi connectivity index (χ0) is 33.3. The van der Waals surface area contributed by atoms with Gasteiger partial charge in [0.05, 0.1) is 30.3 Å². The van der Waals surface area contributed by atoms with Crippen LogP contribution in [0.5, 0.6) is 5.75 Å². The zero-order valence-corrected chi connectivity index (χ0v) is 28.6. The number of hydrogen-bond acceptors (Lipinski definition) is 7. The van der Waals surface area contributed by atoms with Crippen LogP contribution in [-0.2, 0) is 20.2 Å². The van der Waals surface area contributed by atoms with Gasteiger partial charge in [0.15, 0.2) is 5.75 Å². The highest BCUT2D eigenvalue weighted by atomic mass is 32.2. The molecule has 2 heterocycles. The van der Waals surface area contributed by atoms with E-state index in [-0.39, 0.29) is 34.9 Å². The van der Waals surface area contributed by atoms with Crippen LogP contribution in [0.1, 0.15) is 82.5 Å². The van der Waals surface area contributed by atoms with Crippen LogP contribution in [0.4, 0.5) is 16.2 Å². The minimum atomic E-state index is -3.60. The number of carbonyl (C=O) groups is 2. The number of aromatic nitrogens is 1. The van der Waals surface area contributed by atoms with E-state index in [1.54, 1.807) is 17.0 Å². The van der Waals surface area contributed by atoms with E-state index < -0.39 is 15.6 Å². The molecule has 45 heavy (non-hydrogen) atoms. The molecule has 1 fully saturated rings. The third kappa shape index (κ3) is 8.49. The van der Waals surface area contributed by atoms with Gasteiger partial charge in [-0.25, -0.2) is 13.2 Å². The fourth-order valence-corrected chi connectivity index (χ4v) is 6.07. The molecule has 3 N–H and O–H groups in total. The van der Waals surface area contributed by atoms with Crippen molar-refractivity contribution < 1.29 is 27.5 Å². The van der Waals surface area contributed by atoms with Gasteiger partial charge in [0, 0.05) is 37.6 Å². The number of H-pyrrole nitrogens is 1. The number of ether oxygens (including phenoxy) is 2. The van der Waals surface area contributed by atoms with Crippen LogP contribution in [0, 0.1) is 0 Å². The molecule has 0 saturated carbocycles. The number of fused-ring (bicyclic) bond motifs is 1. The molecule has 1 saturated heterocycles. The van der Waals surface area contributed by atoms with E-state index in [0.717, 1.165) is 41.3 Å². The number of hydrogen-bond donors (Lipinski definition) is 3. The first kappa shape index (κ1) is 34.1. The summed E-state index contributed by atoms with van der Waals surface area (Å²) in [5, 5.41) is 3.83. The highest BCUT2D eigenvalue weighted by Gasteiger charge is 2.28. The summed E-state index contributed by atoms with van der Waals surface area (Å²) in [6, 6.07) is 11.4. The van der Waals surface area contributed by atoms with Crippen molar-refractivity contribution >= 4 is 44.3 Å². The van der Waals surface area contributed by atoms with Gasteiger partial charge in [-0.3, -0.25) is 14.4 Å². The average molecular weight is 642 g/mol. The maximum absolute atomic E-state index is 13.6. The molecule has 4 rings (SSSR count). The van der Waals surface area contributed by atoms with Crippen LogP contribution in [0.25, 0.3) is 10.9 Å². The van der Waals surface area contributed by atoms with E-state index in [1.807, 2.05) is 59.7 Å². The largest absolute Gasteiger partial charge is 0.492 e. The zero-order valence-electron chi connectivity index (χ0n) is 27.8. The molecule has 3 aromatic rings. The van der Waals surface area contributed by atoms with E-state index in [0.29, 0.717) is 31.0 Å². The number of sulfonamides is 1. The molecular formula is C33H47N5O6S. The van der Waals surface area contributed by atoms with Crippen molar-refractivity contribution in [3.63, 3.8) is 0 Å². The monoisotopic (exact) mass is 641 g/mol. The fraction of sp³-hybridized carbons (Fsp3) is 0.515. The number of nitrogens with zero attached hydrogens (tertiary/aromatic N) is 2. The molecule has 1 aromatic heterocycles. The van der Waals surface area contributed by atoms with E-state index in [1.165, 1.54) is 7.11 Å². The summed E-state index contributed by atoms with van der Waals surface area (Å²) >= 11 is 0. The number of aromatic amines is 1. The van der Waals surface area contributed by atoms with Crippen LogP contribution < -0.4 is 14.8 Å². The van der Waals surface area contributed by atoms with Gasteiger partial charge in [-0.2, -0.15) is 0 Å². The molecule has 1 aliphatic heterocycles. The summed E-state index contributed by atoms with van der Waals surface area (Å²) in [5.41, 5.74) is 2.81. The Balaban J connectivity index is 1.59. The van der Waals surface area contributed by atoms with Gasteiger partial charge in [-0.15, -0.1) is 0 Å². The van der Waals surface area contributed by atoms with Crippen LogP contribution in [0.15, 0.2) is 36.4 Å². The van der Waals surface area contributed by atoms with Gasteiger partial charge in [-0.05, 0) is 68.9 Å². The number of rotatable bonds is 7. The van der Waals surface area contributed by atoms with Crippen molar-refractivity contribution in [3.05, 3.63) is 53.2 Å². The van der Waals surface area contributed by atoms with Gasteiger partial charge in [0.25, 0.3) is 5.91 Å². The Morgan fingerprint density at radius 1 is 0.978 bits per heavy atom. The Labute approximate surface area is 266 Å². The average Bonchev–Trinajstić information content (AvgIpc) is 3.20. The third-order valence-corrected chi connectivity index (χ3v) is 8.41. The molecule has 246 valence electrons. The van der Waals surface area contributed by atoms with E-state index in [2.05, 4.69) is 32.9 Å². The van der Waals surface area contributed by atoms with Gasteiger partial charge in [0.1, 0.15) is 11.3 Å². The van der Waals surface area contributed by atoms with Crippen LogP contribution in [0.2, 0.25) is 0 Å². The molecule has 0 radical (unpaired) electrons. The molecule has 2 aromatic carbocycles. The summed E-state index contributed by atoms with van der Waals surface area (Å²) in [6.07, 6.45) is 1.60. The minimum Gasteiger partial charge on any atom is -0.492 e. The molecule has 11 nitrogen and oxygen atoms in total. The first-order valence-corrected chi connectivity index (χ1v) is 17.1. The SMILES string of the molecule is COc1c(NC(=O)c2cc3cccc(C(C)N4CCCN(C(=O)OC(C)(C)C)CC4)c3[nH]2)cc(C(C)(C)C)cc1NS(C)(=O)=O. The topological polar surface area (TPSA) is 133 Å². The molecule has 1 unspecified atom stereocenters. The summed E-state index contributed by atoms with van der Waals surface area (Å²) in [6.45, 7) is 16.5. The number of para-hydroxylation sites is 1. The van der Waals surface area contributed by atoms with Gasteiger partial charge < -0.3 is 24.7 Å². The molecule has 1 aliphatic rings. The van der Waals surface area contributed by atoms with E-state index in [4.69, 9.17) is 9.47 Å². The Morgan fingerprint density at radius 3 is 2.29 bits per heavy atom. The lowest BCUT2D eigenvalue weighted by Gasteiger charge is -2.29. The van der Waals surface area contributed by atoms with Crippen molar-refractivity contribution in [1.82, 2.24) is 14.8 Å². The minimum absolute atomic E-state index is 0.0232. The Hall–Kier alpha value is -3.77. The predicted octanol–water partition coefficient (Wildman–Crippen LogP) is 6.10. The van der Waals surface area contributed by atoms with Crippen molar-refractivity contribution in [2.75, 3.05) is 49.6 Å². The molecule has 2 amide bonds. The lowest BCUT2D eigenvalue weighted by atomic mass is 9.86. The van der Waals surface area contributed by atoms with Gasteiger partial charge in [0.2, 0.25) is 10.0 Å². The normalized spacial score (nSPS) is 15.8. The first-order chi connectivity index (χ1) is 20.9. The molecular weight excluding hydrogens is 594 g/mol. The maximum atomic E-state index is 13.6. The number of amides is 2. The summed E-state index contributed by atoms with van der Waals surface area (Å²) < 4.78 is 37.9. The standard InChI is InChI=1S/C33H47N5O6S/c1-21(37-14-11-15-38(17-16-37)31(40)44-33(5,6)7)24-13-10-12-22-18-27(34-28(22)24)30(39)35-25-19-23(32(2,3)4)20-26(29(25)43-8)36-45(9,41)42/h10,12-13,18-21,34,36H,11,14-17H2,1-9H3,(H,35,39). The van der Waals surface area contributed by atoms with Gasteiger partial charge in [-0.1, -0.05) is 39.0 Å². The first-order valence-electron chi connectivity index (χ1n) is 15.2. The molecule has 0 aliphatic carbocycles. The van der Waals surface area contributed by atoms with Crippen LogP contribution in [0.3, 0.4) is 0 Å². The molecule has 1 atom stereocenters. The number of benzene rings is 2. The number of carbonyl (C=O) groups excluding carboxylic acids is 2. The van der Waals surface area contributed by atoms with E-state index >= 15 is 0 Å². The number of anilines is 2. The lowest BCUT2D eigenvalue weighted by molar-refractivity contribution is 0.0255. The lowest BCUT2D eigenvalue weighted by Crippen LogP contribution is -2.39. The smallest absolute Gasteiger partial charge is 0.410 e.